The smallest absolute Gasteiger partial charge is 0.333 e. The van der Waals surface area contributed by atoms with Crippen LogP contribution in [0, 0.1) is 32.4 Å². The third kappa shape index (κ3) is 2.36. The van der Waals surface area contributed by atoms with Crippen LogP contribution in [0.4, 0.5) is 11.4 Å². The number of fused-ring (bicyclic) bond motifs is 2. The van der Waals surface area contributed by atoms with Gasteiger partial charge in [0, 0.05) is 27.2 Å². The van der Waals surface area contributed by atoms with Crippen molar-refractivity contribution in [2.75, 3.05) is 0 Å². The van der Waals surface area contributed by atoms with Gasteiger partial charge in [0.1, 0.15) is 5.56 Å². The van der Waals surface area contributed by atoms with Crippen LogP contribution >= 0.6 is 11.6 Å². The number of aromatic amines is 1. The summed E-state index contributed by atoms with van der Waals surface area (Å²) in [4.78, 5) is 24.3. The number of rotatable bonds is 3. The van der Waals surface area contributed by atoms with E-state index in [0.29, 0.717) is 27.2 Å². The van der Waals surface area contributed by atoms with E-state index in [1.54, 1.807) is 25.1 Å². The van der Waals surface area contributed by atoms with E-state index in [4.69, 9.17) is 11.6 Å². The van der Waals surface area contributed by atoms with Gasteiger partial charge in [-0.3, -0.25) is 24.9 Å². The number of aryl methyl sites for hydroxylation is 1. The van der Waals surface area contributed by atoms with Crippen molar-refractivity contribution in [3.05, 3.63) is 60.4 Å². The lowest BCUT2D eigenvalue weighted by molar-refractivity contribution is -0.782. The van der Waals surface area contributed by atoms with Crippen LogP contribution in [0.5, 0.6) is 0 Å². The van der Waals surface area contributed by atoms with Gasteiger partial charge < -0.3 is 10.2 Å². The van der Waals surface area contributed by atoms with Crippen LogP contribution < -0.4 is 4.90 Å². The highest BCUT2D eigenvalue weighted by molar-refractivity contribution is 6.31. The molecule has 136 valence electrons. The van der Waals surface area contributed by atoms with Gasteiger partial charge in [0.2, 0.25) is 5.52 Å². The Morgan fingerprint density at radius 1 is 1.15 bits per heavy atom. The first-order chi connectivity index (χ1) is 12.8. The Morgan fingerprint density at radius 2 is 1.85 bits per heavy atom. The first-order valence-electron chi connectivity index (χ1n) is 7.43. The fourth-order valence-electron chi connectivity index (χ4n) is 3.17. The predicted molar refractivity (Wildman–Crippen MR) is 93.3 cm³/mol. The molecule has 2 aromatic carbocycles. The van der Waals surface area contributed by atoms with E-state index >= 15 is 0 Å². The maximum Gasteiger partial charge on any atom is 0.333 e. The minimum Gasteiger partial charge on any atom is -0.359 e. The molecule has 0 amide bonds. The van der Waals surface area contributed by atoms with Crippen molar-refractivity contribution >= 4 is 44.9 Å². The molecule has 2 aromatic heterocycles. The quantitative estimate of drug-likeness (QED) is 0.319. The molecule has 0 aliphatic rings. The molecule has 0 aliphatic carbocycles. The molecule has 12 heteroatoms. The summed E-state index contributed by atoms with van der Waals surface area (Å²) in [6.07, 6.45) is 0. The second kappa shape index (κ2) is 5.64. The van der Waals surface area contributed by atoms with Crippen molar-refractivity contribution < 1.29 is 19.4 Å². The Morgan fingerprint density at radius 3 is 2.52 bits per heavy atom. The van der Waals surface area contributed by atoms with Crippen LogP contribution in [0.2, 0.25) is 5.02 Å². The van der Waals surface area contributed by atoms with Gasteiger partial charge in [-0.1, -0.05) is 11.6 Å². The zero-order valence-corrected chi connectivity index (χ0v) is 14.2. The number of nitrogens with zero attached hydrogens (tertiary/aromatic N) is 4. The second-order valence-corrected chi connectivity index (χ2v) is 6.18. The van der Waals surface area contributed by atoms with Gasteiger partial charge in [0.05, 0.1) is 21.1 Å². The molecule has 11 nitrogen and oxygen atoms in total. The van der Waals surface area contributed by atoms with Crippen molar-refractivity contribution in [2.24, 2.45) is 0 Å². The van der Waals surface area contributed by atoms with Crippen LogP contribution in [0.1, 0.15) is 5.69 Å². The molecule has 4 aromatic rings. The summed E-state index contributed by atoms with van der Waals surface area (Å²) in [5.41, 5.74) is -0.797. The Kier molecular flexibility index (Phi) is 3.49. The van der Waals surface area contributed by atoms with E-state index in [0.717, 1.165) is 6.07 Å². The average Bonchev–Trinajstić information content (AvgIpc) is 3.13. The maximum atomic E-state index is 12.2. The highest BCUT2D eigenvalue weighted by Gasteiger charge is 2.36. The summed E-state index contributed by atoms with van der Waals surface area (Å²) in [5, 5.41) is 39.4. The van der Waals surface area contributed by atoms with Gasteiger partial charge >= 0.3 is 11.2 Å². The van der Waals surface area contributed by atoms with E-state index in [1.807, 2.05) is 0 Å². The lowest BCUT2D eigenvalue weighted by atomic mass is 9.98. The van der Waals surface area contributed by atoms with E-state index in [2.05, 4.69) is 14.8 Å². The maximum absolute atomic E-state index is 12.2. The van der Waals surface area contributed by atoms with Crippen molar-refractivity contribution in [3.8, 4) is 11.1 Å². The van der Waals surface area contributed by atoms with Crippen LogP contribution in [0.3, 0.4) is 0 Å². The van der Waals surface area contributed by atoms with E-state index in [9.17, 15) is 25.4 Å². The number of nitrogens with one attached hydrogen (secondary N) is 1. The Balaban J connectivity index is 2.25. The van der Waals surface area contributed by atoms with Crippen molar-refractivity contribution in [2.45, 2.75) is 6.92 Å². The summed E-state index contributed by atoms with van der Waals surface area (Å²) < 4.78 is 4.50. The van der Waals surface area contributed by atoms with Gasteiger partial charge in [-0.05, 0) is 30.0 Å². The van der Waals surface area contributed by atoms with Gasteiger partial charge in [-0.2, -0.15) is 0 Å². The van der Waals surface area contributed by atoms with Gasteiger partial charge in [-0.25, -0.2) is 0 Å². The van der Waals surface area contributed by atoms with E-state index in [-0.39, 0.29) is 16.0 Å². The summed E-state index contributed by atoms with van der Waals surface area (Å²) in [5.74, 6) is 0. The lowest BCUT2D eigenvalue weighted by Gasteiger charge is -2.04. The van der Waals surface area contributed by atoms with Gasteiger partial charge in [-0.15, -0.1) is 0 Å². The van der Waals surface area contributed by atoms with Crippen molar-refractivity contribution in [1.29, 1.82) is 0 Å². The van der Waals surface area contributed by atoms with E-state index in [1.165, 1.54) is 0 Å². The van der Waals surface area contributed by atoms with Gasteiger partial charge in [0.25, 0.3) is 5.69 Å². The lowest BCUT2D eigenvalue weighted by Crippen LogP contribution is -2.23. The van der Waals surface area contributed by atoms with Gasteiger partial charge in [0.15, 0.2) is 0 Å². The standard InChI is InChI=1S/C15H8ClN5O6/c1-6-12(8-4-7(16)2-3-9(8)17-6)13-10(19(22)23)5-11(20(24)25)14-15(13)21(26)27-18-14/h2-5,17H,1H3. The van der Waals surface area contributed by atoms with E-state index < -0.39 is 26.7 Å². The zero-order valence-electron chi connectivity index (χ0n) is 13.4. The van der Waals surface area contributed by atoms with Crippen LogP contribution in [0.15, 0.2) is 28.9 Å². The normalized spacial score (nSPS) is 11.3. The SMILES string of the molecule is Cc1[nH]c2ccc(Cl)cc2c1-c1c([N+](=O)[O-])cc([N+](=O)[O-])c2no[n+]([O-])c12. The average molecular weight is 390 g/mol. The number of hydrogen-bond acceptors (Lipinski definition) is 7. The molecule has 0 unspecified atom stereocenters. The molecule has 0 fully saturated rings. The van der Waals surface area contributed by atoms with Crippen LogP contribution in [0.25, 0.3) is 33.1 Å². The number of hydrogen-bond donors (Lipinski definition) is 1. The minimum atomic E-state index is -0.861. The van der Waals surface area contributed by atoms with Crippen LogP contribution in [-0.4, -0.2) is 20.0 Å². The number of halogens is 1. The second-order valence-electron chi connectivity index (χ2n) is 5.75. The molecule has 27 heavy (non-hydrogen) atoms. The number of H-pyrrole nitrogens is 1. The fourth-order valence-corrected chi connectivity index (χ4v) is 3.34. The molecule has 0 atom stereocenters. The summed E-state index contributed by atoms with van der Waals surface area (Å²) in [6.45, 7) is 1.66. The predicted octanol–water partition coefficient (Wildman–Crippen LogP) is 3.39. The third-order valence-electron chi connectivity index (χ3n) is 4.21. The molecule has 0 aliphatic heterocycles. The molecule has 4 rings (SSSR count). The molecule has 0 bridgehead atoms. The first-order valence-corrected chi connectivity index (χ1v) is 7.80. The molecule has 0 radical (unpaired) electrons. The Hall–Kier alpha value is -3.73. The first kappa shape index (κ1) is 16.7. The molecule has 2 heterocycles. The Labute approximate surface area is 153 Å². The number of benzene rings is 2. The summed E-state index contributed by atoms with van der Waals surface area (Å²) >= 11 is 6.05. The molecule has 1 N–H and O–H groups in total. The molecule has 0 saturated carbocycles. The number of aromatic nitrogens is 3. The van der Waals surface area contributed by atoms with Crippen molar-refractivity contribution in [1.82, 2.24) is 10.1 Å². The number of nitro benzene ring substituents is 2. The molecule has 0 saturated heterocycles. The highest BCUT2D eigenvalue weighted by atomic mass is 35.5. The Bertz CT molecular complexity index is 1280. The topological polar surface area (TPSA) is 155 Å². The minimum absolute atomic E-state index is 0.0759. The van der Waals surface area contributed by atoms with Crippen molar-refractivity contribution in [3.63, 3.8) is 0 Å². The van der Waals surface area contributed by atoms with Crippen LogP contribution in [-0.2, 0) is 0 Å². The highest BCUT2D eigenvalue weighted by Crippen LogP contribution is 2.44. The molecular formula is C15H8ClN5O6. The fraction of sp³-hybridized carbons (Fsp3) is 0.0667. The zero-order chi connectivity index (χ0) is 19.5. The third-order valence-corrected chi connectivity index (χ3v) is 4.45. The largest absolute Gasteiger partial charge is 0.359 e. The summed E-state index contributed by atoms with van der Waals surface area (Å²) in [7, 11) is 0. The summed E-state index contributed by atoms with van der Waals surface area (Å²) in [6, 6.07) is 5.66. The molecular weight excluding hydrogens is 382 g/mol. The molecule has 0 spiro atoms. The number of nitro groups is 2. The monoisotopic (exact) mass is 389 g/mol. The number of non-ortho nitro benzene ring substituents is 1.